The van der Waals surface area contributed by atoms with Crippen molar-refractivity contribution in [1.29, 1.82) is 0 Å². The number of hydrogen-bond acceptors (Lipinski definition) is 4. The van der Waals surface area contributed by atoms with Gasteiger partial charge in [0.05, 0.1) is 6.61 Å². The lowest BCUT2D eigenvalue weighted by molar-refractivity contribution is -0.135. The van der Waals surface area contributed by atoms with E-state index < -0.39 is 0 Å². The molecule has 2 aliphatic rings. The Bertz CT molecular complexity index is 521. The van der Waals surface area contributed by atoms with Crippen LogP contribution in [0.5, 0.6) is 0 Å². The predicted molar refractivity (Wildman–Crippen MR) is 90.2 cm³/mol. The molecule has 2 aliphatic heterocycles. The molecule has 126 valence electrons. The van der Waals surface area contributed by atoms with E-state index in [4.69, 9.17) is 4.74 Å². The minimum absolute atomic E-state index is 0.0366. The first-order chi connectivity index (χ1) is 11.2. The molecule has 2 saturated heterocycles. The molecule has 0 aliphatic carbocycles. The number of benzene rings is 1. The fourth-order valence-electron chi connectivity index (χ4n) is 3.29. The van der Waals surface area contributed by atoms with Crippen LogP contribution in [0.3, 0.4) is 0 Å². The van der Waals surface area contributed by atoms with Gasteiger partial charge < -0.3 is 15.4 Å². The number of piperidine rings is 1. The fourth-order valence-corrected chi connectivity index (χ4v) is 3.29. The summed E-state index contributed by atoms with van der Waals surface area (Å²) in [6.45, 7) is 7.31. The summed E-state index contributed by atoms with van der Waals surface area (Å²) in [4.78, 5) is 14.7. The van der Waals surface area contributed by atoms with Gasteiger partial charge in [0.2, 0.25) is 0 Å². The third-order valence-electron chi connectivity index (χ3n) is 4.81. The molecule has 0 aromatic heterocycles. The monoisotopic (exact) mass is 317 g/mol. The molecular weight excluding hydrogens is 290 g/mol. The van der Waals surface area contributed by atoms with Crippen LogP contribution in [0.2, 0.25) is 0 Å². The Morgan fingerprint density at radius 2 is 2.13 bits per heavy atom. The lowest BCUT2D eigenvalue weighted by atomic mass is 10.0. The van der Waals surface area contributed by atoms with Gasteiger partial charge in [0.25, 0.3) is 5.91 Å². The van der Waals surface area contributed by atoms with Gasteiger partial charge in [-0.15, -0.1) is 0 Å². The maximum atomic E-state index is 12.2. The Labute approximate surface area is 138 Å². The number of nitrogens with one attached hydrogen (secondary N) is 2. The number of hydrogen-bond donors (Lipinski definition) is 2. The zero-order valence-electron chi connectivity index (χ0n) is 13.9. The van der Waals surface area contributed by atoms with Crippen molar-refractivity contribution in [2.75, 3.05) is 32.8 Å². The molecule has 5 nitrogen and oxygen atoms in total. The highest BCUT2D eigenvalue weighted by atomic mass is 16.5. The molecule has 5 heteroatoms. The van der Waals surface area contributed by atoms with E-state index in [1.807, 2.05) is 0 Å². The Morgan fingerprint density at radius 3 is 2.83 bits per heavy atom. The molecule has 1 unspecified atom stereocenters. The molecule has 0 bridgehead atoms. The molecule has 2 N–H and O–H groups in total. The molecule has 23 heavy (non-hydrogen) atoms. The zero-order valence-corrected chi connectivity index (χ0v) is 13.9. The summed E-state index contributed by atoms with van der Waals surface area (Å²) in [6.07, 6.45) is 1.70. The molecule has 3 rings (SSSR count). The average Bonchev–Trinajstić information content (AvgIpc) is 2.59. The number of carbonyl (C=O) groups is 1. The second-order valence-corrected chi connectivity index (χ2v) is 6.55. The van der Waals surface area contributed by atoms with Crippen LogP contribution in [0.1, 0.15) is 24.0 Å². The highest BCUT2D eigenvalue weighted by molar-refractivity contribution is 5.81. The van der Waals surface area contributed by atoms with Crippen LogP contribution in [0.4, 0.5) is 0 Å². The fraction of sp³-hybridized carbons (Fsp3) is 0.611. The van der Waals surface area contributed by atoms with Gasteiger partial charge in [0.15, 0.2) is 0 Å². The minimum atomic E-state index is -0.325. The van der Waals surface area contributed by atoms with Crippen molar-refractivity contribution in [3.63, 3.8) is 0 Å². The van der Waals surface area contributed by atoms with Crippen LogP contribution in [-0.2, 0) is 16.1 Å². The van der Waals surface area contributed by atoms with Crippen molar-refractivity contribution >= 4 is 5.91 Å². The summed E-state index contributed by atoms with van der Waals surface area (Å²) < 4.78 is 5.51. The van der Waals surface area contributed by atoms with Gasteiger partial charge in [0, 0.05) is 38.8 Å². The highest BCUT2D eigenvalue weighted by Crippen LogP contribution is 2.16. The van der Waals surface area contributed by atoms with E-state index in [0.29, 0.717) is 13.2 Å². The van der Waals surface area contributed by atoms with E-state index in [-0.39, 0.29) is 18.1 Å². The number of rotatable bonds is 4. The van der Waals surface area contributed by atoms with Crippen molar-refractivity contribution in [2.24, 2.45) is 0 Å². The Kier molecular flexibility index (Phi) is 5.65. The van der Waals surface area contributed by atoms with E-state index in [9.17, 15) is 4.79 Å². The second-order valence-electron chi connectivity index (χ2n) is 6.55. The van der Waals surface area contributed by atoms with Crippen LogP contribution in [0, 0.1) is 6.92 Å². The Morgan fingerprint density at radius 1 is 1.35 bits per heavy atom. The third kappa shape index (κ3) is 4.53. The van der Waals surface area contributed by atoms with Crippen LogP contribution >= 0.6 is 0 Å². The van der Waals surface area contributed by atoms with Crippen molar-refractivity contribution in [3.8, 4) is 0 Å². The largest absolute Gasteiger partial charge is 0.366 e. The van der Waals surface area contributed by atoms with Gasteiger partial charge in [-0.25, -0.2) is 0 Å². The van der Waals surface area contributed by atoms with E-state index >= 15 is 0 Å². The van der Waals surface area contributed by atoms with Gasteiger partial charge in [-0.2, -0.15) is 0 Å². The molecule has 0 radical (unpaired) electrons. The maximum absolute atomic E-state index is 12.2. The van der Waals surface area contributed by atoms with Crippen LogP contribution in [0.15, 0.2) is 24.3 Å². The van der Waals surface area contributed by atoms with Crippen molar-refractivity contribution in [2.45, 2.75) is 38.5 Å². The number of nitrogens with zero attached hydrogens (tertiary/aromatic N) is 1. The first kappa shape index (κ1) is 16.4. The highest BCUT2D eigenvalue weighted by Gasteiger charge is 2.26. The SMILES string of the molecule is Cc1ccccc1CN1CCC(NC(=O)C2CNCCO2)CC1. The quantitative estimate of drug-likeness (QED) is 0.872. The Hall–Kier alpha value is -1.43. The molecular formula is C18H27N3O2. The first-order valence-electron chi connectivity index (χ1n) is 8.62. The zero-order chi connectivity index (χ0) is 16.1. The summed E-state index contributed by atoms with van der Waals surface area (Å²) in [7, 11) is 0. The molecule has 0 spiro atoms. The molecule has 0 saturated carbocycles. The molecule has 1 aromatic rings. The summed E-state index contributed by atoms with van der Waals surface area (Å²) in [6, 6.07) is 8.84. The van der Waals surface area contributed by atoms with Crippen LogP contribution < -0.4 is 10.6 Å². The Balaban J connectivity index is 1.43. The normalized spacial score (nSPS) is 23.6. The minimum Gasteiger partial charge on any atom is -0.366 e. The molecule has 1 atom stereocenters. The summed E-state index contributed by atoms with van der Waals surface area (Å²) in [5.74, 6) is 0.0366. The molecule has 2 heterocycles. The van der Waals surface area contributed by atoms with E-state index in [2.05, 4.69) is 46.7 Å². The van der Waals surface area contributed by atoms with Crippen LogP contribution in [0.25, 0.3) is 0 Å². The lowest BCUT2D eigenvalue weighted by Gasteiger charge is -2.33. The lowest BCUT2D eigenvalue weighted by Crippen LogP contribution is -2.52. The van der Waals surface area contributed by atoms with Crippen molar-refractivity contribution < 1.29 is 9.53 Å². The number of likely N-dealkylation sites (tertiary alicyclic amines) is 1. The first-order valence-corrected chi connectivity index (χ1v) is 8.62. The molecule has 1 aromatic carbocycles. The average molecular weight is 317 g/mol. The number of ether oxygens (including phenoxy) is 1. The second kappa shape index (κ2) is 7.90. The topological polar surface area (TPSA) is 53.6 Å². The smallest absolute Gasteiger partial charge is 0.250 e. The van der Waals surface area contributed by atoms with Crippen molar-refractivity contribution in [3.05, 3.63) is 35.4 Å². The summed E-state index contributed by atoms with van der Waals surface area (Å²) >= 11 is 0. The predicted octanol–water partition coefficient (Wildman–Crippen LogP) is 1.06. The van der Waals surface area contributed by atoms with Crippen molar-refractivity contribution in [1.82, 2.24) is 15.5 Å². The summed E-state index contributed by atoms with van der Waals surface area (Å²) in [5.41, 5.74) is 2.75. The number of amides is 1. The van der Waals surface area contributed by atoms with Gasteiger partial charge in [-0.05, 0) is 30.9 Å². The summed E-state index contributed by atoms with van der Waals surface area (Å²) in [5, 5.41) is 6.35. The van der Waals surface area contributed by atoms with E-state index in [0.717, 1.165) is 39.0 Å². The van der Waals surface area contributed by atoms with Gasteiger partial charge in [-0.3, -0.25) is 9.69 Å². The maximum Gasteiger partial charge on any atom is 0.250 e. The van der Waals surface area contributed by atoms with Gasteiger partial charge in [0.1, 0.15) is 6.10 Å². The standard InChI is InChI=1S/C18H27N3O2/c1-14-4-2-3-5-15(14)13-21-9-6-16(7-10-21)20-18(22)17-12-19-8-11-23-17/h2-5,16-17,19H,6-13H2,1H3,(H,20,22). The number of aryl methyl sites for hydroxylation is 1. The van der Waals surface area contributed by atoms with E-state index in [1.165, 1.54) is 11.1 Å². The van der Waals surface area contributed by atoms with E-state index in [1.54, 1.807) is 0 Å². The molecule has 2 fully saturated rings. The molecule has 1 amide bonds. The third-order valence-corrected chi connectivity index (χ3v) is 4.81. The number of morpholine rings is 1. The van der Waals surface area contributed by atoms with Crippen LogP contribution in [-0.4, -0.2) is 55.7 Å². The number of carbonyl (C=O) groups excluding carboxylic acids is 1. The van der Waals surface area contributed by atoms with Gasteiger partial charge in [-0.1, -0.05) is 24.3 Å². The van der Waals surface area contributed by atoms with Gasteiger partial charge >= 0.3 is 0 Å².